The molecule has 4 heterocycles. The maximum Gasteiger partial charge on any atom is 0.306 e. The quantitative estimate of drug-likeness (QED) is 0.0832. The number of likely N-dealkylation sites (tertiary alicyclic amines) is 2. The third-order valence-electron chi connectivity index (χ3n) is 14.9. The molecule has 3 saturated heterocycles. The molecule has 3 aromatic carbocycles. The minimum absolute atomic E-state index is 0.00276. The molecule has 70 heavy (non-hydrogen) atoms. The number of carbonyl (C=O) groups excluding carboxylic acids is 6. The topological polar surface area (TPSA) is 147 Å². The Morgan fingerprint density at radius 1 is 0.586 bits per heavy atom. The van der Waals surface area contributed by atoms with Crippen LogP contribution in [-0.4, -0.2) is 104 Å². The zero-order chi connectivity index (χ0) is 50.2. The lowest BCUT2D eigenvalue weighted by Crippen LogP contribution is -2.45. The zero-order valence-electron chi connectivity index (χ0n) is 42.3. The van der Waals surface area contributed by atoms with Gasteiger partial charge in [-0.15, -0.1) is 0 Å². The minimum Gasteiger partial charge on any atom is -0.469 e. The molecule has 0 spiro atoms. The number of ketones is 2. The lowest BCUT2D eigenvalue weighted by Gasteiger charge is -2.33. The number of rotatable bonds is 19. The molecule has 3 aliphatic rings. The zero-order valence-corrected chi connectivity index (χ0v) is 42.3. The van der Waals surface area contributed by atoms with E-state index in [2.05, 4.69) is 64.5 Å². The van der Waals surface area contributed by atoms with Gasteiger partial charge in [-0.25, -0.2) is 4.98 Å². The highest BCUT2D eigenvalue weighted by atomic mass is 16.5. The van der Waals surface area contributed by atoms with E-state index in [9.17, 15) is 28.8 Å². The summed E-state index contributed by atoms with van der Waals surface area (Å²) in [6.07, 6.45) is 6.78. The second kappa shape index (κ2) is 23.0. The first-order valence-electron chi connectivity index (χ1n) is 25.1. The van der Waals surface area contributed by atoms with Gasteiger partial charge in [-0.05, 0) is 102 Å². The molecular weight excluding hydrogens is 883 g/mol. The summed E-state index contributed by atoms with van der Waals surface area (Å²) in [5.41, 5.74) is 7.21. The van der Waals surface area contributed by atoms with Crippen molar-refractivity contribution < 1.29 is 38.2 Å². The highest BCUT2D eigenvalue weighted by Gasteiger charge is 2.41. The summed E-state index contributed by atoms with van der Waals surface area (Å²) in [5, 5.41) is 0. The first kappa shape index (κ1) is 51.5. The molecule has 0 radical (unpaired) electrons. The van der Waals surface area contributed by atoms with Gasteiger partial charge in [0.05, 0.1) is 63.1 Å². The van der Waals surface area contributed by atoms with Crippen molar-refractivity contribution in [1.29, 1.82) is 0 Å². The van der Waals surface area contributed by atoms with Crippen LogP contribution in [0.3, 0.4) is 0 Å². The van der Waals surface area contributed by atoms with Gasteiger partial charge in [-0.3, -0.25) is 28.8 Å². The van der Waals surface area contributed by atoms with Crippen LogP contribution >= 0.6 is 0 Å². The predicted octanol–water partition coefficient (Wildman–Crippen LogP) is 8.77. The normalized spacial score (nSPS) is 19.9. The lowest BCUT2D eigenvalue weighted by atomic mass is 9.90. The Kier molecular flexibility index (Phi) is 16.9. The highest BCUT2D eigenvalue weighted by Crippen LogP contribution is 2.47. The van der Waals surface area contributed by atoms with E-state index in [4.69, 9.17) is 9.47 Å². The average molecular weight is 954 g/mol. The van der Waals surface area contributed by atoms with E-state index in [0.29, 0.717) is 25.9 Å². The molecule has 0 N–H and O–H groups in total. The highest BCUT2D eigenvalue weighted by molar-refractivity contribution is 5.94. The molecule has 1 aromatic heterocycles. The van der Waals surface area contributed by atoms with Crippen molar-refractivity contribution in [3.05, 3.63) is 113 Å². The number of aromatic nitrogens is 1. The van der Waals surface area contributed by atoms with Gasteiger partial charge in [-0.1, -0.05) is 88.4 Å². The average Bonchev–Trinajstić information content (AvgIpc) is 4.16. The van der Waals surface area contributed by atoms with E-state index in [1.54, 1.807) is 9.80 Å². The summed E-state index contributed by atoms with van der Waals surface area (Å²) in [6, 6.07) is 28.4. The molecule has 0 aliphatic carbocycles. The lowest BCUT2D eigenvalue weighted by molar-refractivity contribution is -0.149. The second-order valence-electron chi connectivity index (χ2n) is 20.3. The summed E-state index contributed by atoms with van der Waals surface area (Å²) >= 11 is 0. The summed E-state index contributed by atoms with van der Waals surface area (Å²) in [5.74, 6) is -1.51. The van der Waals surface area contributed by atoms with Crippen molar-refractivity contribution in [3.63, 3.8) is 0 Å². The van der Waals surface area contributed by atoms with E-state index in [1.807, 2.05) is 83.2 Å². The number of methoxy groups -OCH3 is 2. The van der Waals surface area contributed by atoms with Crippen LogP contribution in [-0.2, 0) is 51.1 Å². The molecule has 3 fully saturated rings. The SMILES string of the molecule is COC(=O)C[C@H](C(=O)N1CCC[C@H]1C(=O)Cc1ccc([C@@H]2CC[C@@H](c3ccc(CC(=O)[C@@H]4CCCN4C(=O)[C@@H](CC(=O)OC)C(C)C)cc3)N2c2ccc(-c3ccc(N(C)C)nc3)cc2)cc1)C(C)C. The maximum absolute atomic E-state index is 13.9. The van der Waals surface area contributed by atoms with E-state index >= 15 is 0 Å². The summed E-state index contributed by atoms with van der Waals surface area (Å²) in [6.45, 7) is 8.68. The third kappa shape index (κ3) is 11.8. The van der Waals surface area contributed by atoms with E-state index in [1.165, 1.54) is 14.2 Å². The minimum atomic E-state index is -0.542. The van der Waals surface area contributed by atoms with E-state index in [0.717, 1.165) is 70.6 Å². The molecule has 13 nitrogen and oxygen atoms in total. The molecular formula is C57H71N5O8. The Bertz CT molecular complexity index is 2340. The largest absolute Gasteiger partial charge is 0.469 e. The second-order valence-corrected chi connectivity index (χ2v) is 20.3. The standard InChI is InChI=1S/C57H71N5O8/c1-36(2)45(33-54(65)69-7)56(67)60-29-9-11-49(60)51(63)31-38-13-17-41(18-14-38)47-26-27-48(62(47)44-24-21-40(22-25-44)43-23-28-53(58-35-43)59(5)6)42-19-15-39(16-20-42)32-52(64)50-12-10-30-61(50)57(68)46(37(3)4)34-55(66)70-8/h13-25,28,35-37,45-50H,9-12,26-27,29-34H2,1-8H3/t45-,46-,47-,48-,49-,50-/m0/s1. The fourth-order valence-electron chi connectivity index (χ4n) is 10.7. The molecule has 0 saturated carbocycles. The molecule has 2 amide bonds. The number of pyridine rings is 1. The fourth-order valence-corrected chi connectivity index (χ4v) is 10.7. The van der Waals surface area contributed by atoms with E-state index in [-0.39, 0.29) is 73.0 Å². The van der Waals surface area contributed by atoms with Crippen LogP contribution in [0.1, 0.15) is 113 Å². The van der Waals surface area contributed by atoms with Crippen LogP contribution in [0.5, 0.6) is 0 Å². The summed E-state index contributed by atoms with van der Waals surface area (Å²) in [4.78, 5) is 92.1. The van der Waals surface area contributed by atoms with Gasteiger partial charge in [-0.2, -0.15) is 0 Å². The molecule has 4 aromatic rings. The first-order valence-corrected chi connectivity index (χ1v) is 25.1. The molecule has 13 heteroatoms. The Hall–Kier alpha value is -6.37. The Morgan fingerprint density at radius 2 is 1.01 bits per heavy atom. The van der Waals surface area contributed by atoms with Gasteiger partial charge in [0.2, 0.25) is 11.8 Å². The Balaban J connectivity index is 1.09. The van der Waals surface area contributed by atoms with Crippen LogP contribution in [0.25, 0.3) is 11.1 Å². The van der Waals surface area contributed by atoms with Gasteiger partial charge in [0.1, 0.15) is 5.82 Å². The predicted molar refractivity (Wildman–Crippen MR) is 271 cm³/mol. The molecule has 372 valence electrons. The van der Waals surface area contributed by atoms with Crippen LogP contribution in [0, 0.1) is 23.7 Å². The Labute approximate surface area is 413 Å². The van der Waals surface area contributed by atoms with Crippen molar-refractivity contribution in [2.45, 2.75) is 116 Å². The first-order chi connectivity index (χ1) is 33.6. The third-order valence-corrected chi connectivity index (χ3v) is 14.9. The molecule has 0 unspecified atom stereocenters. The number of nitrogens with zero attached hydrogens (tertiary/aromatic N) is 5. The maximum atomic E-state index is 13.9. The number of benzene rings is 3. The van der Waals surface area contributed by atoms with Gasteiger partial charge < -0.3 is 29.1 Å². The number of carbonyl (C=O) groups is 6. The fraction of sp³-hybridized carbons (Fsp3) is 0.491. The van der Waals surface area contributed by atoms with Crippen molar-refractivity contribution in [2.75, 3.05) is 51.2 Å². The van der Waals surface area contributed by atoms with Gasteiger partial charge >= 0.3 is 11.9 Å². The van der Waals surface area contributed by atoms with Gasteiger partial charge in [0.25, 0.3) is 0 Å². The number of hydrogen-bond donors (Lipinski definition) is 0. The molecule has 6 atom stereocenters. The van der Waals surface area contributed by atoms with Crippen molar-refractivity contribution >= 4 is 46.8 Å². The molecule has 0 bridgehead atoms. The Morgan fingerprint density at radius 3 is 1.39 bits per heavy atom. The molecule has 7 rings (SSSR count). The van der Waals surface area contributed by atoms with Crippen molar-refractivity contribution in [2.24, 2.45) is 23.7 Å². The number of ether oxygens (including phenoxy) is 2. The van der Waals surface area contributed by atoms with Crippen molar-refractivity contribution in [1.82, 2.24) is 14.8 Å². The summed E-state index contributed by atoms with van der Waals surface area (Å²) in [7, 11) is 6.60. The molecule has 3 aliphatic heterocycles. The number of amides is 2. The van der Waals surface area contributed by atoms with Crippen LogP contribution < -0.4 is 9.80 Å². The number of hydrogen-bond acceptors (Lipinski definition) is 11. The van der Waals surface area contributed by atoms with Crippen LogP contribution in [0.4, 0.5) is 11.5 Å². The number of esters is 2. The number of anilines is 2. The van der Waals surface area contributed by atoms with Crippen LogP contribution in [0.2, 0.25) is 0 Å². The van der Waals surface area contributed by atoms with Gasteiger partial charge in [0, 0.05) is 57.5 Å². The number of Topliss-reactive ketones (excluding diaryl/α,β-unsaturated/α-hetero) is 2. The van der Waals surface area contributed by atoms with Crippen molar-refractivity contribution in [3.8, 4) is 11.1 Å². The smallest absolute Gasteiger partial charge is 0.306 e. The summed E-state index contributed by atoms with van der Waals surface area (Å²) < 4.78 is 9.76. The van der Waals surface area contributed by atoms with E-state index < -0.39 is 35.9 Å². The van der Waals surface area contributed by atoms with Crippen LogP contribution in [0.15, 0.2) is 91.1 Å². The monoisotopic (exact) mass is 954 g/mol. The van der Waals surface area contributed by atoms with Gasteiger partial charge in [0.15, 0.2) is 11.6 Å².